The Kier molecular flexibility index (Phi) is 4.63. The van der Waals surface area contributed by atoms with Gasteiger partial charge >= 0.3 is 6.09 Å². The molecule has 2 aromatic rings. The van der Waals surface area contributed by atoms with E-state index in [2.05, 4.69) is 26.2 Å². The van der Waals surface area contributed by atoms with Crippen molar-refractivity contribution in [2.75, 3.05) is 5.32 Å². The van der Waals surface area contributed by atoms with Crippen molar-refractivity contribution in [3.8, 4) is 11.3 Å². The van der Waals surface area contributed by atoms with Gasteiger partial charge in [0.1, 0.15) is 11.4 Å². The van der Waals surface area contributed by atoms with Gasteiger partial charge in [0.15, 0.2) is 5.13 Å². The Bertz CT molecular complexity index is 667. The molecule has 0 spiro atoms. The molecule has 112 valence electrons. The zero-order valence-electron chi connectivity index (χ0n) is 11.7. The summed E-state index contributed by atoms with van der Waals surface area (Å²) in [6, 6.07) is 4.62. The SMILES string of the molecule is CC(C)(C)OC(=O)Nc1nc(-c2cc(Br)ccc2F)cs1. The Morgan fingerprint density at radius 3 is 2.81 bits per heavy atom. The molecule has 1 aromatic heterocycles. The third-order valence-corrected chi connectivity index (χ3v) is 3.57. The molecule has 0 aliphatic rings. The van der Waals surface area contributed by atoms with Gasteiger partial charge in [0.2, 0.25) is 0 Å². The normalized spacial score (nSPS) is 11.3. The Hall–Kier alpha value is -1.47. The summed E-state index contributed by atoms with van der Waals surface area (Å²) in [5.74, 6) is -0.368. The van der Waals surface area contributed by atoms with Crippen LogP contribution in [0.15, 0.2) is 28.1 Å². The van der Waals surface area contributed by atoms with E-state index in [0.717, 1.165) is 4.47 Å². The zero-order chi connectivity index (χ0) is 15.6. The van der Waals surface area contributed by atoms with Crippen molar-refractivity contribution in [3.05, 3.63) is 33.9 Å². The van der Waals surface area contributed by atoms with Crippen LogP contribution in [-0.4, -0.2) is 16.7 Å². The number of hydrogen-bond donors (Lipinski definition) is 1. The minimum atomic E-state index is -0.585. The van der Waals surface area contributed by atoms with Gasteiger partial charge < -0.3 is 4.74 Å². The van der Waals surface area contributed by atoms with Crippen molar-refractivity contribution >= 4 is 38.5 Å². The molecule has 2 rings (SSSR count). The topological polar surface area (TPSA) is 51.2 Å². The van der Waals surface area contributed by atoms with Gasteiger partial charge in [0, 0.05) is 15.4 Å². The Balaban J connectivity index is 2.15. The molecule has 0 fully saturated rings. The average Bonchev–Trinajstić information content (AvgIpc) is 2.78. The number of anilines is 1. The summed E-state index contributed by atoms with van der Waals surface area (Å²) < 4.78 is 19.7. The average molecular weight is 373 g/mol. The van der Waals surface area contributed by atoms with E-state index >= 15 is 0 Å². The second-order valence-corrected chi connectivity index (χ2v) is 7.06. The molecular weight excluding hydrogens is 359 g/mol. The summed E-state index contributed by atoms with van der Waals surface area (Å²) in [5.41, 5.74) is 0.253. The van der Waals surface area contributed by atoms with E-state index in [9.17, 15) is 9.18 Å². The molecule has 0 atom stereocenters. The quantitative estimate of drug-likeness (QED) is 0.801. The lowest BCUT2D eigenvalue weighted by Gasteiger charge is -2.18. The van der Waals surface area contributed by atoms with Crippen LogP contribution in [0.4, 0.5) is 14.3 Å². The fourth-order valence-electron chi connectivity index (χ4n) is 1.54. The molecule has 0 unspecified atom stereocenters. The Morgan fingerprint density at radius 1 is 1.43 bits per heavy atom. The van der Waals surface area contributed by atoms with Crippen molar-refractivity contribution in [1.29, 1.82) is 0 Å². The third kappa shape index (κ3) is 4.50. The molecule has 1 amide bonds. The van der Waals surface area contributed by atoms with Gasteiger partial charge in [0.05, 0.1) is 5.69 Å². The smallest absolute Gasteiger partial charge is 0.413 e. The van der Waals surface area contributed by atoms with E-state index in [1.54, 1.807) is 38.3 Å². The number of ether oxygens (including phenoxy) is 1. The fourth-order valence-corrected chi connectivity index (χ4v) is 2.60. The molecule has 1 N–H and O–H groups in total. The highest BCUT2D eigenvalue weighted by molar-refractivity contribution is 9.10. The van der Waals surface area contributed by atoms with Crippen molar-refractivity contribution < 1.29 is 13.9 Å². The number of carbonyl (C=O) groups is 1. The lowest BCUT2D eigenvalue weighted by molar-refractivity contribution is 0.0636. The van der Waals surface area contributed by atoms with Gasteiger partial charge in [-0.25, -0.2) is 14.2 Å². The van der Waals surface area contributed by atoms with Crippen molar-refractivity contribution in [2.24, 2.45) is 0 Å². The first kappa shape index (κ1) is 15.9. The van der Waals surface area contributed by atoms with E-state index < -0.39 is 11.7 Å². The van der Waals surface area contributed by atoms with E-state index in [4.69, 9.17) is 4.74 Å². The number of nitrogens with zero attached hydrogens (tertiary/aromatic N) is 1. The Morgan fingerprint density at radius 2 is 2.14 bits per heavy atom. The maximum Gasteiger partial charge on any atom is 0.413 e. The van der Waals surface area contributed by atoms with Crippen LogP contribution in [-0.2, 0) is 4.74 Å². The summed E-state index contributed by atoms with van der Waals surface area (Å²) in [4.78, 5) is 15.8. The van der Waals surface area contributed by atoms with Crippen molar-refractivity contribution in [2.45, 2.75) is 26.4 Å². The number of hydrogen-bond acceptors (Lipinski definition) is 4. The zero-order valence-corrected chi connectivity index (χ0v) is 14.1. The maximum absolute atomic E-state index is 13.8. The predicted molar refractivity (Wildman–Crippen MR) is 85.1 cm³/mol. The van der Waals surface area contributed by atoms with Crippen LogP contribution < -0.4 is 5.32 Å². The number of amides is 1. The first-order valence-corrected chi connectivity index (χ1v) is 7.83. The van der Waals surface area contributed by atoms with Crippen molar-refractivity contribution in [1.82, 2.24) is 4.98 Å². The van der Waals surface area contributed by atoms with Gasteiger partial charge in [-0.05, 0) is 39.0 Å². The van der Waals surface area contributed by atoms with Gasteiger partial charge in [0.25, 0.3) is 0 Å². The highest BCUT2D eigenvalue weighted by Gasteiger charge is 2.18. The van der Waals surface area contributed by atoms with E-state index in [1.165, 1.54) is 17.4 Å². The first-order chi connectivity index (χ1) is 9.74. The van der Waals surface area contributed by atoms with Crippen LogP contribution in [0.1, 0.15) is 20.8 Å². The van der Waals surface area contributed by atoms with E-state index in [0.29, 0.717) is 16.4 Å². The molecule has 0 saturated heterocycles. The predicted octanol–water partition coefficient (Wildman–Crippen LogP) is 5.06. The summed E-state index contributed by atoms with van der Waals surface area (Å²) in [6.07, 6.45) is -0.585. The minimum absolute atomic E-state index is 0.360. The van der Waals surface area contributed by atoms with Crippen molar-refractivity contribution in [3.63, 3.8) is 0 Å². The molecule has 4 nitrogen and oxygen atoms in total. The van der Waals surface area contributed by atoms with Crippen LogP contribution in [0.3, 0.4) is 0 Å². The molecular formula is C14H14BrFN2O2S. The monoisotopic (exact) mass is 372 g/mol. The summed E-state index contributed by atoms with van der Waals surface area (Å²) in [5, 5.41) is 4.57. The van der Waals surface area contributed by atoms with Crippen LogP contribution in [0, 0.1) is 5.82 Å². The molecule has 0 saturated carbocycles. The van der Waals surface area contributed by atoms with Gasteiger partial charge in [-0.3, -0.25) is 5.32 Å². The lowest BCUT2D eigenvalue weighted by atomic mass is 10.2. The number of halogens is 2. The molecule has 21 heavy (non-hydrogen) atoms. The highest BCUT2D eigenvalue weighted by Crippen LogP contribution is 2.29. The number of thiazole rings is 1. The number of rotatable bonds is 2. The van der Waals surface area contributed by atoms with Gasteiger partial charge in [-0.2, -0.15) is 0 Å². The standard InChI is InChI=1S/C14H14BrFN2O2S/c1-14(2,3)20-13(19)18-12-17-11(7-21-12)9-6-8(15)4-5-10(9)16/h4-7H,1-3H3,(H,17,18,19). The van der Waals surface area contributed by atoms with E-state index in [-0.39, 0.29) is 5.82 Å². The van der Waals surface area contributed by atoms with Crippen LogP contribution in [0.25, 0.3) is 11.3 Å². The van der Waals surface area contributed by atoms with Crippen LogP contribution in [0.5, 0.6) is 0 Å². The number of nitrogens with one attached hydrogen (secondary N) is 1. The molecule has 1 heterocycles. The second kappa shape index (κ2) is 6.11. The highest BCUT2D eigenvalue weighted by atomic mass is 79.9. The molecule has 0 radical (unpaired) electrons. The molecule has 0 aliphatic carbocycles. The summed E-state index contributed by atoms with van der Waals surface area (Å²) in [6.45, 7) is 5.32. The summed E-state index contributed by atoms with van der Waals surface area (Å²) >= 11 is 4.50. The fraction of sp³-hybridized carbons (Fsp3) is 0.286. The van der Waals surface area contributed by atoms with Gasteiger partial charge in [-0.1, -0.05) is 15.9 Å². The molecule has 0 bridgehead atoms. The number of benzene rings is 1. The first-order valence-electron chi connectivity index (χ1n) is 6.15. The molecule has 7 heteroatoms. The second-order valence-electron chi connectivity index (χ2n) is 5.29. The minimum Gasteiger partial charge on any atom is -0.444 e. The number of carbonyl (C=O) groups excluding carboxylic acids is 1. The largest absolute Gasteiger partial charge is 0.444 e. The maximum atomic E-state index is 13.8. The molecule has 1 aromatic carbocycles. The van der Waals surface area contributed by atoms with Gasteiger partial charge in [-0.15, -0.1) is 11.3 Å². The van der Waals surface area contributed by atoms with Crippen LogP contribution in [0.2, 0.25) is 0 Å². The Labute approximate surface area is 134 Å². The molecule has 0 aliphatic heterocycles. The van der Waals surface area contributed by atoms with Crippen LogP contribution >= 0.6 is 27.3 Å². The van der Waals surface area contributed by atoms with E-state index in [1.807, 2.05) is 0 Å². The number of aromatic nitrogens is 1. The lowest BCUT2D eigenvalue weighted by Crippen LogP contribution is -2.27. The summed E-state index contributed by atoms with van der Waals surface area (Å²) in [7, 11) is 0. The third-order valence-electron chi connectivity index (χ3n) is 2.32.